The van der Waals surface area contributed by atoms with Crippen LogP contribution in [-0.2, 0) is 0 Å². The van der Waals surface area contributed by atoms with Crippen LogP contribution in [0.15, 0.2) is 0 Å². The number of unbranched alkanes of at least 4 members (excludes halogenated alkanes) is 4. The largest absolute Gasteiger partial charge is 0.0654 e. The summed E-state index contributed by atoms with van der Waals surface area (Å²) in [5.41, 5.74) is 0. The molecule has 2 radical (unpaired) electrons. The Kier molecular flexibility index (Phi) is 10.7. The molecule has 0 aromatic carbocycles. The maximum atomic E-state index is 2.27. The van der Waals surface area contributed by atoms with Crippen LogP contribution in [0.5, 0.6) is 0 Å². The lowest BCUT2D eigenvalue weighted by Crippen LogP contribution is -1.77. The van der Waals surface area contributed by atoms with Gasteiger partial charge in [0.05, 0.1) is 0 Å². The van der Waals surface area contributed by atoms with Crippen molar-refractivity contribution in [2.24, 2.45) is 0 Å². The summed E-state index contributed by atoms with van der Waals surface area (Å²) in [4.78, 5) is 0. The van der Waals surface area contributed by atoms with Crippen LogP contribution in [0, 0.1) is 0 Å². The highest BCUT2D eigenvalue weighted by Crippen LogP contribution is 2.33. The molecule has 0 saturated heterocycles. The van der Waals surface area contributed by atoms with E-state index in [4.69, 9.17) is 0 Å². The molecule has 0 heterocycles. The van der Waals surface area contributed by atoms with Crippen molar-refractivity contribution in [2.45, 2.75) is 39.0 Å². The summed E-state index contributed by atoms with van der Waals surface area (Å²) in [7, 11) is 3.16. The van der Waals surface area contributed by atoms with Gasteiger partial charge in [-0.3, -0.25) is 0 Å². The molecule has 10 heavy (non-hydrogen) atoms. The second-order valence-corrected chi connectivity index (χ2v) is 5.66. The van der Waals surface area contributed by atoms with E-state index >= 15 is 0 Å². The van der Waals surface area contributed by atoms with Gasteiger partial charge in [0, 0.05) is 0 Å². The Morgan fingerprint density at radius 3 is 2.30 bits per heavy atom. The molecular formula is C8H18P2. The maximum Gasteiger partial charge on any atom is -0.0242 e. The lowest BCUT2D eigenvalue weighted by molar-refractivity contribution is 0.659. The number of rotatable bonds is 7. The van der Waals surface area contributed by atoms with Crippen molar-refractivity contribution in [1.82, 2.24) is 0 Å². The highest BCUT2D eigenvalue weighted by atomic mass is 32.0. The summed E-state index contributed by atoms with van der Waals surface area (Å²) in [5.74, 6) is 0. The van der Waals surface area contributed by atoms with Gasteiger partial charge >= 0.3 is 0 Å². The third-order valence-corrected chi connectivity index (χ3v) is 3.75. The highest BCUT2D eigenvalue weighted by molar-refractivity contribution is 8.11. The lowest BCUT2D eigenvalue weighted by Gasteiger charge is -1.97. The SMILES string of the molecule is CCCCCCC[P][P]C. The van der Waals surface area contributed by atoms with E-state index in [1.54, 1.807) is 8.27 Å². The first-order valence-electron chi connectivity index (χ1n) is 4.17. The van der Waals surface area contributed by atoms with Crippen molar-refractivity contribution in [1.29, 1.82) is 0 Å². The van der Waals surface area contributed by atoms with Crippen molar-refractivity contribution in [2.75, 3.05) is 12.8 Å². The Balaban J connectivity index is 2.65. The van der Waals surface area contributed by atoms with E-state index in [-0.39, 0.29) is 0 Å². The van der Waals surface area contributed by atoms with Crippen LogP contribution >= 0.6 is 16.5 Å². The fourth-order valence-corrected chi connectivity index (χ4v) is 2.48. The van der Waals surface area contributed by atoms with E-state index < -0.39 is 0 Å². The van der Waals surface area contributed by atoms with Gasteiger partial charge in [0.2, 0.25) is 0 Å². The summed E-state index contributed by atoms with van der Waals surface area (Å²) in [6, 6.07) is 0. The van der Waals surface area contributed by atoms with Gasteiger partial charge in [0.1, 0.15) is 0 Å². The van der Waals surface area contributed by atoms with Crippen molar-refractivity contribution in [3.63, 3.8) is 0 Å². The number of hydrogen-bond acceptors (Lipinski definition) is 0. The summed E-state index contributed by atoms with van der Waals surface area (Å²) in [6.07, 6.45) is 8.57. The maximum absolute atomic E-state index is 2.27. The van der Waals surface area contributed by atoms with Crippen LogP contribution in [0.2, 0.25) is 0 Å². The third-order valence-electron chi connectivity index (χ3n) is 1.50. The summed E-state index contributed by atoms with van der Waals surface area (Å²) in [6.45, 7) is 4.50. The minimum absolute atomic E-state index is 1.36. The second kappa shape index (κ2) is 9.86. The zero-order valence-electron chi connectivity index (χ0n) is 7.14. The van der Waals surface area contributed by atoms with E-state index in [0.29, 0.717) is 0 Å². The molecule has 0 aliphatic rings. The lowest BCUT2D eigenvalue weighted by atomic mass is 10.2. The predicted molar refractivity (Wildman–Crippen MR) is 53.4 cm³/mol. The molecule has 0 saturated carbocycles. The molecule has 0 spiro atoms. The predicted octanol–water partition coefficient (Wildman–Crippen LogP) is 4.39. The zero-order valence-corrected chi connectivity index (χ0v) is 8.93. The molecule has 0 aliphatic heterocycles. The molecule has 0 unspecified atom stereocenters. The molecular weight excluding hydrogens is 158 g/mol. The Bertz CT molecular complexity index is 47.2. The topological polar surface area (TPSA) is 0 Å². The minimum Gasteiger partial charge on any atom is -0.0654 e. The first-order chi connectivity index (χ1) is 4.91. The van der Waals surface area contributed by atoms with Crippen LogP contribution in [-0.4, -0.2) is 12.8 Å². The van der Waals surface area contributed by atoms with E-state index in [2.05, 4.69) is 13.6 Å². The molecule has 0 bridgehead atoms. The highest BCUT2D eigenvalue weighted by Gasteiger charge is 1.88. The first-order valence-corrected chi connectivity index (χ1v) is 7.30. The Morgan fingerprint density at radius 1 is 1.00 bits per heavy atom. The zero-order chi connectivity index (χ0) is 7.66. The van der Waals surface area contributed by atoms with Gasteiger partial charge in [-0.1, -0.05) is 32.6 Å². The van der Waals surface area contributed by atoms with Crippen LogP contribution in [0.3, 0.4) is 0 Å². The molecule has 2 heteroatoms. The van der Waals surface area contributed by atoms with Crippen molar-refractivity contribution >= 4 is 16.5 Å². The van der Waals surface area contributed by atoms with Gasteiger partial charge in [-0.15, -0.1) is 0 Å². The minimum atomic E-state index is 1.36. The molecule has 0 atom stereocenters. The molecule has 60 valence electrons. The molecule has 0 fully saturated rings. The van der Waals surface area contributed by atoms with Crippen LogP contribution < -0.4 is 0 Å². The van der Waals surface area contributed by atoms with Crippen molar-refractivity contribution in [3.8, 4) is 0 Å². The monoisotopic (exact) mass is 176 g/mol. The molecule has 0 rings (SSSR count). The number of hydrogen-bond donors (Lipinski definition) is 0. The van der Waals surface area contributed by atoms with E-state index in [1.165, 1.54) is 46.5 Å². The van der Waals surface area contributed by atoms with Gasteiger partial charge in [-0.05, 0) is 35.8 Å². The average Bonchev–Trinajstić information content (AvgIpc) is 1.97. The average molecular weight is 176 g/mol. The van der Waals surface area contributed by atoms with Gasteiger partial charge in [0.25, 0.3) is 0 Å². The van der Waals surface area contributed by atoms with Crippen LogP contribution in [0.25, 0.3) is 0 Å². The smallest absolute Gasteiger partial charge is 0.0242 e. The molecule has 0 aromatic rings. The molecule has 0 nitrogen and oxygen atoms in total. The van der Waals surface area contributed by atoms with Crippen LogP contribution in [0.1, 0.15) is 39.0 Å². The van der Waals surface area contributed by atoms with Crippen LogP contribution in [0.4, 0.5) is 0 Å². The first kappa shape index (κ1) is 10.9. The molecule has 0 N–H and O–H groups in total. The van der Waals surface area contributed by atoms with Crippen molar-refractivity contribution in [3.05, 3.63) is 0 Å². The molecule has 0 aromatic heterocycles. The second-order valence-electron chi connectivity index (χ2n) is 2.48. The summed E-state index contributed by atoms with van der Waals surface area (Å²) in [5, 5.41) is 0. The van der Waals surface area contributed by atoms with Gasteiger partial charge in [-0.25, -0.2) is 0 Å². The summed E-state index contributed by atoms with van der Waals surface area (Å²) >= 11 is 0. The van der Waals surface area contributed by atoms with Gasteiger partial charge < -0.3 is 0 Å². The normalized spacial score (nSPS) is 12.6. The van der Waals surface area contributed by atoms with E-state index in [1.807, 2.05) is 0 Å². The third kappa shape index (κ3) is 8.86. The van der Waals surface area contributed by atoms with E-state index in [9.17, 15) is 0 Å². The molecule has 0 aliphatic carbocycles. The Hall–Kier alpha value is 0.860. The quantitative estimate of drug-likeness (QED) is 0.398. The fourth-order valence-electron chi connectivity index (χ4n) is 0.886. The Labute approximate surface area is 69.0 Å². The summed E-state index contributed by atoms with van der Waals surface area (Å²) < 4.78 is 0. The van der Waals surface area contributed by atoms with Gasteiger partial charge in [-0.2, -0.15) is 0 Å². The van der Waals surface area contributed by atoms with Crippen molar-refractivity contribution < 1.29 is 0 Å². The van der Waals surface area contributed by atoms with E-state index in [0.717, 1.165) is 0 Å². The Morgan fingerprint density at radius 2 is 1.70 bits per heavy atom. The molecule has 0 amide bonds. The fraction of sp³-hybridized carbons (Fsp3) is 1.00. The van der Waals surface area contributed by atoms with Gasteiger partial charge in [0.15, 0.2) is 0 Å². The standard InChI is InChI=1S/C8H18P2/c1-3-4-5-6-7-8-10-9-2/h3-8H2,1-2H3.